The summed E-state index contributed by atoms with van der Waals surface area (Å²) in [5.74, 6) is -1.27. The maximum absolute atomic E-state index is 13.5. The Bertz CT molecular complexity index is 1190. The molecule has 1 N–H and O–H groups in total. The van der Waals surface area contributed by atoms with Crippen molar-refractivity contribution in [2.75, 3.05) is 18.0 Å². The summed E-state index contributed by atoms with van der Waals surface area (Å²) in [5, 5.41) is 9.46. The van der Waals surface area contributed by atoms with E-state index in [9.17, 15) is 31.5 Å². The van der Waals surface area contributed by atoms with Gasteiger partial charge in [-0.3, -0.25) is 4.79 Å². The standard InChI is InChI=1S/C22H22F3N3O4S/c23-22(24,25)14-3-8-20(26-10-14)27-11-15-4-5-16(12-27)28(15)33(31,32)17-6-1-13-2-7-18(21(29)30)19(13)9-17/h1,3,6,8-10,15-16,18H,2,4-5,7,11-12H2,(H,29,30). The lowest BCUT2D eigenvalue weighted by Gasteiger charge is -2.40. The molecule has 0 amide bonds. The van der Waals surface area contributed by atoms with Gasteiger partial charge in [0.2, 0.25) is 10.0 Å². The number of benzene rings is 1. The van der Waals surface area contributed by atoms with Crippen LogP contribution >= 0.6 is 0 Å². The van der Waals surface area contributed by atoms with Crippen molar-refractivity contribution >= 4 is 21.8 Å². The van der Waals surface area contributed by atoms with E-state index >= 15 is 0 Å². The summed E-state index contributed by atoms with van der Waals surface area (Å²) >= 11 is 0. The highest BCUT2D eigenvalue weighted by molar-refractivity contribution is 7.89. The Morgan fingerprint density at radius 1 is 1.06 bits per heavy atom. The number of carbonyl (C=O) groups is 1. The number of anilines is 1. The zero-order valence-corrected chi connectivity index (χ0v) is 18.3. The zero-order chi connectivity index (χ0) is 23.5. The average Bonchev–Trinajstić information content (AvgIpc) is 3.31. The predicted molar refractivity (Wildman–Crippen MR) is 112 cm³/mol. The fraction of sp³-hybridized carbons (Fsp3) is 0.455. The number of pyridine rings is 1. The molecule has 1 aliphatic carbocycles. The van der Waals surface area contributed by atoms with E-state index in [-0.39, 0.29) is 17.0 Å². The number of rotatable bonds is 4. The average molecular weight is 481 g/mol. The fourth-order valence-corrected chi connectivity index (χ4v) is 7.19. The van der Waals surface area contributed by atoms with Crippen LogP contribution in [0.4, 0.5) is 19.0 Å². The molecule has 5 rings (SSSR count). The quantitative estimate of drug-likeness (QED) is 0.721. The van der Waals surface area contributed by atoms with Crippen LogP contribution in [0.3, 0.4) is 0 Å². The molecule has 1 aromatic heterocycles. The Balaban J connectivity index is 1.39. The van der Waals surface area contributed by atoms with Crippen LogP contribution in [0.15, 0.2) is 41.4 Å². The minimum absolute atomic E-state index is 0.0902. The second-order valence-electron chi connectivity index (χ2n) is 8.82. The molecule has 0 spiro atoms. The van der Waals surface area contributed by atoms with E-state index in [2.05, 4.69) is 4.98 Å². The number of aliphatic carboxylic acids is 1. The summed E-state index contributed by atoms with van der Waals surface area (Å²) in [4.78, 5) is 17.4. The van der Waals surface area contributed by atoms with Crippen molar-refractivity contribution in [2.45, 2.75) is 54.8 Å². The minimum Gasteiger partial charge on any atom is -0.481 e. The number of nitrogens with zero attached hydrogens (tertiary/aromatic N) is 3. The fourth-order valence-electron chi connectivity index (χ4n) is 5.30. The van der Waals surface area contributed by atoms with E-state index in [1.807, 2.05) is 4.90 Å². The third kappa shape index (κ3) is 3.76. The van der Waals surface area contributed by atoms with Gasteiger partial charge in [-0.1, -0.05) is 6.07 Å². The van der Waals surface area contributed by atoms with Crippen molar-refractivity contribution in [3.05, 3.63) is 53.2 Å². The lowest BCUT2D eigenvalue weighted by atomic mass is 10.0. The van der Waals surface area contributed by atoms with Gasteiger partial charge in [-0.05, 0) is 61.1 Å². The Morgan fingerprint density at radius 3 is 2.33 bits per heavy atom. The molecule has 2 fully saturated rings. The number of aromatic nitrogens is 1. The van der Waals surface area contributed by atoms with Gasteiger partial charge in [0.15, 0.2) is 0 Å². The number of hydrogen-bond donors (Lipinski definition) is 1. The van der Waals surface area contributed by atoms with E-state index in [1.54, 1.807) is 12.1 Å². The summed E-state index contributed by atoms with van der Waals surface area (Å²) in [7, 11) is -3.86. The molecular formula is C22H22F3N3O4S. The summed E-state index contributed by atoms with van der Waals surface area (Å²) in [6, 6.07) is 6.38. The molecule has 7 nitrogen and oxygen atoms in total. The van der Waals surface area contributed by atoms with Gasteiger partial charge in [-0.15, -0.1) is 0 Å². The maximum Gasteiger partial charge on any atom is 0.417 e. The van der Waals surface area contributed by atoms with Crippen LogP contribution in [-0.4, -0.2) is 54.0 Å². The molecule has 0 saturated carbocycles. The van der Waals surface area contributed by atoms with Crippen LogP contribution in [0, 0.1) is 0 Å². The normalized spacial score (nSPS) is 25.3. The van der Waals surface area contributed by atoms with Gasteiger partial charge >= 0.3 is 12.1 Å². The number of aryl methyl sites for hydroxylation is 1. The predicted octanol–water partition coefficient (Wildman–Crippen LogP) is 3.26. The molecule has 2 bridgehead atoms. The number of piperazine rings is 1. The summed E-state index contributed by atoms with van der Waals surface area (Å²) in [6.07, 6.45) is -1.32. The first kappa shape index (κ1) is 22.1. The first-order chi connectivity index (χ1) is 15.6. The second-order valence-corrected chi connectivity index (χ2v) is 10.7. The van der Waals surface area contributed by atoms with Crippen molar-refractivity contribution in [2.24, 2.45) is 0 Å². The molecule has 2 aromatic rings. The van der Waals surface area contributed by atoms with Crippen LogP contribution in [0.5, 0.6) is 0 Å². The largest absolute Gasteiger partial charge is 0.481 e. The molecule has 3 aliphatic rings. The third-order valence-corrected chi connectivity index (χ3v) is 8.88. The first-order valence-corrected chi connectivity index (χ1v) is 12.2. The van der Waals surface area contributed by atoms with Crippen molar-refractivity contribution < 1.29 is 31.5 Å². The molecule has 1 aromatic carbocycles. The lowest BCUT2D eigenvalue weighted by Crippen LogP contribution is -2.55. The minimum atomic E-state index is -4.47. The Kier molecular flexibility index (Phi) is 5.16. The SMILES string of the molecule is O=C(O)C1CCc2ccc(S(=O)(=O)N3C4CCC3CN(c3ccc(C(F)(F)F)cn3)C4)cc21. The number of fused-ring (bicyclic) bond motifs is 3. The van der Waals surface area contributed by atoms with Gasteiger partial charge in [-0.25, -0.2) is 13.4 Å². The molecule has 2 saturated heterocycles. The molecule has 176 valence electrons. The van der Waals surface area contributed by atoms with E-state index in [4.69, 9.17) is 0 Å². The highest BCUT2D eigenvalue weighted by Gasteiger charge is 2.47. The van der Waals surface area contributed by atoms with Gasteiger partial charge in [0.05, 0.1) is 16.4 Å². The molecular weight excluding hydrogens is 459 g/mol. The van der Waals surface area contributed by atoms with Crippen LogP contribution < -0.4 is 4.90 Å². The van der Waals surface area contributed by atoms with Crippen LogP contribution in [0.2, 0.25) is 0 Å². The summed E-state index contributed by atoms with van der Waals surface area (Å²) in [5.41, 5.74) is 0.595. The monoisotopic (exact) mass is 481 g/mol. The number of carboxylic acids is 1. The number of halogens is 3. The Morgan fingerprint density at radius 2 is 1.76 bits per heavy atom. The zero-order valence-electron chi connectivity index (χ0n) is 17.5. The smallest absolute Gasteiger partial charge is 0.417 e. The highest BCUT2D eigenvalue weighted by Crippen LogP contribution is 2.40. The molecule has 0 radical (unpaired) electrons. The number of carboxylic acid groups (broad SMARTS) is 1. The lowest BCUT2D eigenvalue weighted by molar-refractivity contribution is -0.139. The van der Waals surface area contributed by atoms with Gasteiger partial charge in [0, 0.05) is 31.4 Å². The molecule has 11 heteroatoms. The maximum atomic E-state index is 13.5. The van der Waals surface area contributed by atoms with E-state index in [0.717, 1.165) is 17.8 Å². The van der Waals surface area contributed by atoms with Crippen molar-refractivity contribution in [3.8, 4) is 0 Å². The third-order valence-electron chi connectivity index (χ3n) is 6.88. The first-order valence-electron chi connectivity index (χ1n) is 10.7. The Hall–Kier alpha value is -2.66. The molecule has 3 heterocycles. The van der Waals surface area contributed by atoms with E-state index in [0.29, 0.717) is 50.2 Å². The van der Waals surface area contributed by atoms with Gasteiger partial charge in [0.25, 0.3) is 0 Å². The van der Waals surface area contributed by atoms with E-state index < -0.39 is 33.7 Å². The van der Waals surface area contributed by atoms with Crippen LogP contribution in [0.25, 0.3) is 0 Å². The van der Waals surface area contributed by atoms with Crippen molar-refractivity contribution in [3.63, 3.8) is 0 Å². The van der Waals surface area contributed by atoms with Crippen LogP contribution in [0.1, 0.15) is 41.9 Å². The van der Waals surface area contributed by atoms with E-state index in [1.165, 1.54) is 16.4 Å². The van der Waals surface area contributed by atoms with Crippen molar-refractivity contribution in [1.29, 1.82) is 0 Å². The van der Waals surface area contributed by atoms with Crippen LogP contribution in [-0.2, 0) is 27.4 Å². The number of hydrogen-bond acceptors (Lipinski definition) is 5. The van der Waals surface area contributed by atoms with Gasteiger partial charge in [-0.2, -0.15) is 17.5 Å². The van der Waals surface area contributed by atoms with Crippen molar-refractivity contribution in [1.82, 2.24) is 9.29 Å². The topological polar surface area (TPSA) is 90.8 Å². The molecule has 33 heavy (non-hydrogen) atoms. The highest BCUT2D eigenvalue weighted by atomic mass is 32.2. The van der Waals surface area contributed by atoms with Gasteiger partial charge in [0.1, 0.15) is 5.82 Å². The van der Waals surface area contributed by atoms with Gasteiger partial charge < -0.3 is 10.0 Å². The number of alkyl halides is 3. The summed E-state index contributed by atoms with van der Waals surface area (Å²) in [6.45, 7) is 0.660. The number of sulfonamides is 1. The second kappa shape index (κ2) is 7.69. The molecule has 3 atom stereocenters. The Labute approximate surface area is 188 Å². The molecule has 2 aliphatic heterocycles. The summed E-state index contributed by atoms with van der Waals surface area (Å²) < 4.78 is 67.1. The molecule has 3 unspecified atom stereocenters.